The first-order chi connectivity index (χ1) is 17.8. The number of alkyl halides is 3. The molecule has 4 saturated carbocycles. The molecule has 8 unspecified atom stereocenters. The zero-order valence-electron chi connectivity index (χ0n) is 24.8. The first kappa shape index (κ1) is 30.9. The molecule has 8 heteroatoms. The highest BCUT2D eigenvalue weighted by Gasteiger charge is 2.67. The van der Waals surface area contributed by atoms with E-state index in [1.807, 2.05) is 0 Å². The summed E-state index contributed by atoms with van der Waals surface area (Å²) in [5.41, 5.74) is 2.98. The lowest BCUT2D eigenvalue weighted by atomic mass is 9.36. The summed E-state index contributed by atoms with van der Waals surface area (Å²) in [4.78, 5) is 0. The van der Waals surface area contributed by atoms with E-state index >= 15 is 0 Å². The molecule has 0 heterocycles. The highest BCUT2D eigenvalue weighted by Crippen LogP contribution is 2.73. The lowest BCUT2D eigenvalue weighted by Crippen LogP contribution is -2.65. The molecule has 39 heavy (non-hydrogen) atoms. The molecule has 0 aromatic rings. The monoisotopic (exact) mass is 573 g/mol. The fourth-order valence-electron chi connectivity index (χ4n) is 10.0. The first-order valence-corrected chi connectivity index (χ1v) is 16.3. The van der Waals surface area contributed by atoms with Crippen LogP contribution in [0.15, 0.2) is 24.0 Å². The van der Waals surface area contributed by atoms with Gasteiger partial charge in [-0.25, -0.2) is 0 Å². The zero-order chi connectivity index (χ0) is 29.2. The van der Waals surface area contributed by atoms with Crippen LogP contribution in [0.1, 0.15) is 112 Å². The van der Waals surface area contributed by atoms with Crippen molar-refractivity contribution in [1.29, 1.82) is 0 Å². The van der Waals surface area contributed by atoms with Crippen LogP contribution >= 0.6 is 0 Å². The molecule has 224 valence electrons. The van der Waals surface area contributed by atoms with Crippen molar-refractivity contribution >= 4 is 10.1 Å². The van der Waals surface area contributed by atoms with E-state index in [0.29, 0.717) is 30.1 Å². The fraction of sp³-hybridized carbons (Fsp3) is 0.871. The van der Waals surface area contributed by atoms with Crippen molar-refractivity contribution < 1.29 is 25.8 Å². The highest BCUT2D eigenvalue weighted by atomic mass is 32.2. The predicted octanol–water partition coefficient (Wildman–Crippen LogP) is 8.50. The van der Waals surface area contributed by atoms with Crippen molar-refractivity contribution in [1.82, 2.24) is 0 Å². The van der Waals surface area contributed by atoms with Crippen LogP contribution in [0.5, 0.6) is 0 Å². The molecule has 0 aliphatic heterocycles. The van der Waals surface area contributed by atoms with Crippen molar-refractivity contribution in [2.75, 3.05) is 0 Å². The van der Waals surface area contributed by atoms with Crippen LogP contribution in [-0.2, 0) is 14.3 Å². The molecule has 4 aliphatic rings. The second kappa shape index (κ2) is 10.1. The van der Waals surface area contributed by atoms with Gasteiger partial charge in [-0.1, -0.05) is 46.6 Å². The molecule has 0 radical (unpaired) electrons. The molecule has 0 spiro atoms. The molecular weight excluding hydrogens is 523 g/mol. The summed E-state index contributed by atoms with van der Waals surface area (Å²) >= 11 is 0. The van der Waals surface area contributed by atoms with Gasteiger partial charge >= 0.3 is 15.6 Å². The van der Waals surface area contributed by atoms with Crippen LogP contribution in [0.25, 0.3) is 0 Å². The SMILES string of the molecule is C=C(C)CC1CCC2(N)CCC3(C)C(CCC4C(C)(CC=C(OS(=O)(=O)C(F)(F)F)C(C)C)CCCC43C)C12. The largest absolute Gasteiger partial charge is 0.534 e. The number of allylic oxidation sites excluding steroid dienone is 3. The second-order valence-electron chi connectivity index (χ2n) is 14.7. The summed E-state index contributed by atoms with van der Waals surface area (Å²) in [5, 5.41) is 0. The predicted molar refractivity (Wildman–Crippen MR) is 150 cm³/mol. The van der Waals surface area contributed by atoms with Crippen molar-refractivity contribution in [3.63, 3.8) is 0 Å². The van der Waals surface area contributed by atoms with Crippen molar-refractivity contribution in [2.24, 2.45) is 51.6 Å². The maximum Gasteiger partial charge on any atom is 0.534 e. The molecule has 4 nitrogen and oxygen atoms in total. The number of rotatable bonds is 7. The molecule has 4 rings (SSSR count). The Kier molecular flexibility index (Phi) is 7.98. The third-order valence-corrected chi connectivity index (χ3v) is 13.1. The topological polar surface area (TPSA) is 69.4 Å². The molecule has 0 saturated heterocycles. The van der Waals surface area contributed by atoms with Crippen LogP contribution in [0.3, 0.4) is 0 Å². The summed E-state index contributed by atoms with van der Waals surface area (Å²) in [7, 11) is -5.69. The van der Waals surface area contributed by atoms with Gasteiger partial charge in [-0.2, -0.15) is 21.6 Å². The average molecular weight is 574 g/mol. The summed E-state index contributed by atoms with van der Waals surface area (Å²) in [6.07, 6.45) is 13.0. The van der Waals surface area contributed by atoms with Gasteiger partial charge < -0.3 is 9.92 Å². The molecule has 0 amide bonds. The third kappa shape index (κ3) is 5.12. The lowest BCUT2D eigenvalue weighted by Gasteiger charge is -2.69. The van der Waals surface area contributed by atoms with E-state index in [1.54, 1.807) is 19.9 Å². The van der Waals surface area contributed by atoms with E-state index in [2.05, 4.69) is 38.5 Å². The Morgan fingerprint density at radius 1 is 1.05 bits per heavy atom. The average Bonchev–Trinajstić information content (AvgIpc) is 3.12. The third-order valence-electron chi connectivity index (χ3n) is 12.1. The van der Waals surface area contributed by atoms with Crippen LogP contribution < -0.4 is 5.73 Å². The van der Waals surface area contributed by atoms with E-state index in [9.17, 15) is 21.6 Å². The second-order valence-corrected chi connectivity index (χ2v) is 16.3. The number of hydrogen-bond donors (Lipinski definition) is 1. The highest BCUT2D eigenvalue weighted by molar-refractivity contribution is 7.87. The molecule has 8 atom stereocenters. The van der Waals surface area contributed by atoms with Crippen molar-refractivity contribution in [2.45, 2.75) is 123 Å². The van der Waals surface area contributed by atoms with Gasteiger partial charge in [0.05, 0.1) is 0 Å². The number of fused-ring (bicyclic) bond motifs is 5. The summed E-state index contributed by atoms with van der Waals surface area (Å²) in [6, 6.07) is 0. The van der Waals surface area contributed by atoms with Gasteiger partial charge in [-0.15, -0.1) is 6.58 Å². The smallest absolute Gasteiger partial charge is 0.381 e. The molecule has 0 aromatic carbocycles. The Morgan fingerprint density at radius 2 is 1.72 bits per heavy atom. The first-order valence-electron chi connectivity index (χ1n) is 14.9. The van der Waals surface area contributed by atoms with Crippen molar-refractivity contribution in [3.05, 3.63) is 24.0 Å². The van der Waals surface area contributed by atoms with Gasteiger partial charge in [0.15, 0.2) is 0 Å². The quantitative estimate of drug-likeness (QED) is 0.143. The minimum Gasteiger partial charge on any atom is -0.381 e. The minimum atomic E-state index is -5.69. The van der Waals surface area contributed by atoms with Crippen LogP contribution in [0, 0.1) is 45.8 Å². The van der Waals surface area contributed by atoms with E-state index < -0.39 is 21.5 Å². The lowest BCUT2D eigenvalue weighted by molar-refractivity contribution is -0.195. The van der Waals surface area contributed by atoms with E-state index in [0.717, 1.165) is 57.8 Å². The van der Waals surface area contributed by atoms with Crippen molar-refractivity contribution in [3.8, 4) is 0 Å². The van der Waals surface area contributed by atoms with E-state index in [1.165, 1.54) is 12.0 Å². The Balaban J connectivity index is 1.64. The molecule has 4 aliphatic carbocycles. The molecule has 2 N–H and O–H groups in total. The van der Waals surface area contributed by atoms with Crippen LogP contribution in [-0.4, -0.2) is 19.5 Å². The van der Waals surface area contributed by atoms with Crippen LogP contribution in [0.2, 0.25) is 0 Å². The maximum absolute atomic E-state index is 13.1. The molecule has 0 aromatic heterocycles. The normalized spacial score (nSPS) is 43.0. The van der Waals surface area contributed by atoms with Gasteiger partial charge in [0, 0.05) is 11.5 Å². The molecule has 0 bridgehead atoms. The van der Waals surface area contributed by atoms with Gasteiger partial charge in [0.25, 0.3) is 0 Å². The van der Waals surface area contributed by atoms with Gasteiger partial charge in [-0.05, 0) is 117 Å². The summed E-state index contributed by atoms with van der Waals surface area (Å²) in [6.45, 7) is 16.9. The van der Waals surface area contributed by atoms with Gasteiger partial charge in [0.1, 0.15) is 5.76 Å². The van der Waals surface area contributed by atoms with Gasteiger partial charge in [0.2, 0.25) is 0 Å². The number of halogens is 3. The minimum absolute atomic E-state index is 0.0817. The van der Waals surface area contributed by atoms with Crippen LogP contribution in [0.4, 0.5) is 13.2 Å². The Bertz CT molecular complexity index is 1100. The van der Waals surface area contributed by atoms with Gasteiger partial charge in [-0.3, -0.25) is 0 Å². The van der Waals surface area contributed by atoms with E-state index in [4.69, 9.17) is 5.73 Å². The Morgan fingerprint density at radius 3 is 2.31 bits per heavy atom. The Hall–Kier alpha value is -1.02. The molecule has 4 fully saturated rings. The standard InChI is InChI=1S/C31H50F3NO3S/c1-20(2)19-22-11-16-30(35)18-17-28(6)23(26(22)30)9-10-25-27(5,13-8-14-29(25,28)7)15-12-24(21(3)4)38-39(36,37)31(32,33)34/h12,21-23,25-26H,1,8-11,13-19,35H2,2-7H3. The maximum atomic E-state index is 13.1. The zero-order valence-corrected chi connectivity index (χ0v) is 25.6. The molecular formula is C31H50F3NO3S. The number of hydrogen-bond acceptors (Lipinski definition) is 4. The Labute approximate surface area is 234 Å². The summed E-state index contributed by atoms with van der Waals surface area (Å²) in [5.74, 6) is 1.48. The number of nitrogens with two attached hydrogens (primary N) is 1. The fourth-order valence-corrected chi connectivity index (χ4v) is 10.6. The summed E-state index contributed by atoms with van der Waals surface area (Å²) < 4.78 is 67.4. The van der Waals surface area contributed by atoms with E-state index in [-0.39, 0.29) is 27.5 Å².